The van der Waals surface area contributed by atoms with Crippen LogP contribution in [0.15, 0.2) is 24.3 Å². The number of halogens is 1. The molecule has 1 aromatic carbocycles. The molecule has 0 heterocycles. The second-order valence-electron chi connectivity index (χ2n) is 5.56. The van der Waals surface area contributed by atoms with Crippen LogP contribution in [-0.2, 0) is 11.3 Å². The Bertz CT molecular complexity index is 360. The van der Waals surface area contributed by atoms with Gasteiger partial charge in [-0.15, -0.1) is 0 Å². The lowest BCUT2D eigenvalue weighted by Crippen LogP contribution is -2.41. The van der Waals surface area contributed by atoms with Crippen molar-refractivity contribution in [2.45, 2.75) is 52.4 Å². The Kier molecular flexibility index (Phi) is 5.76. The van der Waals surface area contributed by atoms with E-state index in [1.54, 1.807) is 12.1 Å². The quantitative estimate of drug-likeness (QED) is 0.837. The molecule has 0 aliphatic rings. The van der Waals surface area contributed by atoms with Gasteiger partial charge in [0, 0.05) is 17.6 Å². The van der Waals surface area contributed by atoms with Gasteiger partial charge in [-0.05, 0) is 33.3 Å². The van der Waals surface area contributed by atoms with E-state index in [1.807, 2.05) is 6.07 Å². The number of rotatable bonds is 6. The molecular formula is C15H24FNO. The molecule has 18 heavy (non-hydrogen) atoms. The third-order valence-corrected chi connectivity index (χ3v) is 2.75. The number of nitrogens with one attached hydrogen (secondary N) is 1. The van der Waals surface area contributed by atoms with Crippen LogP contribution in [0, 0.1) is 5.82 Å². The van der Waals surface area contributed by atoms with Gasteiger partial charge >= 0.3 is 0 Å². The van der Waals surface area contributed by atoms with Crippen LogP contribution in [0.1, 0.15) is 39.7 Å². The van der Waals surface area contributed by atoms with Crippen molar-refractivity contribution in [1.29, 1.82) is 0 Å². The number of hydrogen-bond donors (Lipinski definition) is 1. The largest absolute Gasteiger partial charge is 0.372 e. The molecule has 3 heteroatoms. The van der Waals surface area contributed by atoms with Crippen LogP contribution < -0.4 is 5.32 Å². The first kappa shape index (κ1) is 15.1. The fourth-order valence-corrected chi connectivity index (χ4v) is 1.56. The fraction of sp³-hybridized carbons (Fsp3) is 0.600. The van der Waals surface area contributed by atoms with E-state index in [1.165, 1.54) is 6.07 Å². The fourth-order valence-electron chi connectivity index (χ4n) is 1.56. The van der Waals surface area contributed by atoms with Crippen LogP contribution >= 0.6 is 0 Å². The van der Waals surface area contributed by atoms with E-state index < -0.39 is 0 Å². The van der Waals surface area contributed by atoms with Gasteiger partial charge in [-0.3, -0.25) is 0 Å². The average molecular weight is 253 g/mol. The molecule has 1 aromatic rings. The van der Waals surface area contributed by atoms with E-state index in [0.717, 1.165) is 13.0 Å². The van der Waals surface area contributed by atoms with Crippen molar-refractivity contribution in [3.05, 3.63) is 35.6 Å². The lowest BCUT2D eigenvalue weighted by Gasteiger charge is -2.25. The van der Waals surface area contributed by atoms with E-state index >= 15 is 0 Å². The second kappa shape index (κ2) is 6.86. The van der Waals surface area contributed by atoms with Crippen molar-refractivity contribution < 1.29 is 9.13 Å². The maximum absolute atomic E-state index is 13.4. The number of benzene rings is 1. The van der Waals surface area contributed by atoms with Gasteiger partial charge in [-0.25, -0.2) is 4.39 Å². The molecule has 0 aliphatic heterocycles. The molecule has 0 aromatic heterocycles. The van der Waals surface area contributed by atoms with Gasteiger partial charge in [-0.1, -0.05) is 25.1 Å². The lowest BCUT2D eigenvalue weighted by atomic mass is 10.1. The van der Waals surface area contributed by atoms with Crippen LogP contribution in [-0.4, -0.2) is 18.2 Å². The third kappa shape index (κ3) is 5.61. The highest BCUT2D eigenvalue weighted by molar-refractivity contribution is 5.16. The van der Waals surface area contributed by atoms with Gasteiger partial charge in [0.05, 0.1) is 12.7 Å². The Morgan fingerprint density at radius 2 is 1.94 bits per heavy atom. The first-order chi connectivity index (χ1) is 8.42. The first-order valence-electron chi connectivity index (χ1n) is 6.52. The van der Waals surface area contributed by atoms with E-state index in [4.69, 9.17) is 4.74 Å². The third-order valence-electron chi connectivity index (χ3n) is 2.75. The smallest absolute Gasteiger partial charge is 0.128 e. The second-order valence-corrected chi connectivity index (χ2v) is 5.56. The van der Waals surface area contributed by atoms with Gasteiger partial charge in [0.2, 0.25) is 0 Å². The van der Waals surface area contributed by atoms with E-state index in [2.05, 4.69) is 33.0 Å². The van der Waals surface area contributed by atoms with Gasteiger partial charge < -0.3 is 10.1 Å². The zero-order valence-corrected chi connectivity index (χ0v) is 11.8. The van der Waals surface area contributed by atoms with Gasteiger partial charge in [0.1, 0.15) is 5.82 Å². The molecule has 1 rings (SSSR count). The highest BCUT2D eigenvalue weighted by atomic mass is 19.1. The van der Waals surface area contributed by atoms with Crippen molar-refractivity contribution in [2.24, 2.45) is 0 Å². The normalized spacial score (nSPS) is 13.6. The molecule has 0 amide bonds. The SMILES string of the molecule is CCC(CNC(C)(C)C)OCc1ccccc1F. The minimum absolute atomic E-state index is 0.0782. The lowest BCUT2D eigenvalue weighted by molar-refractivity contribution is 0.0331. The number of ether oxygens (including phenoxy) is 1. The summed E-state index contributed by atoms with van der Waals surface area (Å²) in [5.74, 6) is -0.198. The van der Waals surface area contributed by atoms with Crippen molar-refractivity contribution in [3.63, 3.8) is 0 Å². The Labute approximate surface area is 110 Å². The molecule has 0 radical (unpaired) electrons. The van der Waals surface area contributed by atoms with Crippen LogP contribution in [0.5, 0.6) is 0 Å². The highest BCUT2D eigenvalue weighted by Crippen LogP contribution is 2.10. The Morgan fingerprint density at radius 1 is 1.28 bits per heavy atom. The molecule has 0 aliphatic carbocycles. The van der Waals surface area contributed by atoms with E-state index in [-0.39, 0.29) is 17.5 Å². The maximum Gasteiger partial charge on any atom is 0.128 e. The minimum atomic E-state index is -0.198. The van der Waals surface area contributed by atoms with Crippen molar-refractivity contribution >= 4 is 0 Å². The van der Waals surface area contributed by atoms with Crippen molar-refractivity contribution in [3.8, 4) is 0 Å². The molecule has 102 valence electrons. The van der Waals surface area contributed by atoms with Crippen molar-refractivity contribution in [2.75, 3.05) is 6.54 Å². The van der Waals surface area contributed by atoms with Crippen molar-refractivity contribution in [1.82, 2.24) is 5.32 Å². The summed E-state index contributed by atoms with van der Waals surface area (Å²) in [6, 6.07) is 6.75. The van der Waals surface area contributed by atoms with Crippen LogP contribution in [0.4, 0.5) is 4.39 Å². The Hall–Kier alpha value is -0.930. The van der Waals surface area contributed by atoms with Gasteiger partial charge in [0.15, 0.2) is 0 Å². The first-order valence-corrected chi connectivity index (χ1v) is 6.52. The molecule has 0 bridgehead atoms. The topological polar surface area (TPSA) is 21.3 Å². The summed E-state index contributed by atoms with van der Waals surface area (Å²) >= 11 is 0. The molecule has 0 fully saturated rings. The van der Waals surface area contributed by atoms with Crippen LogP contribution in [0.3, 0.4) is 0 Å². The summed E-state index contributed by atoms with van der Waals surface area (Å²) < 4.78 is 19.2. The average Bonchev–Trinajstić information content (AvgIpc) is 2.30. The molecule has 0 spiro atoms. The monoisotopic (exact) mass is 253 g/mol. The minimum Gasteiger partial charge on any atom is -0.372 e. The van der Waals surface area contributed by atoms with Crippen LogP contribution in [0.2, 0.25) is 0 Å². The maximum atomic E-state index is 13.4. The predicted octanol–water partition coefficient (Wildman–Crippen LogP) is 3.51. The molecular weight excluding hydrogens is 229 g/mol. The van der Waals surface area contributed by atoms with E-state index in [9.17, 15) is 4.39 Å². The predicted molar refractivity (Wildman–Crippen MR) is 73.0 cm³/mol. The summed E-state index contributed by atoms with van der Waals surface area (Å²) in [4.78, 5) is 0. The molecule has 2 nitrogen and oxygen atoms in total. The standard InChI is InChI=1S/C15H24FNO/c1-5-13(10-17-15(2,3)4)18-11-12-8-6-7-9-14(12)16/h6-9,13,17H,5,10-11H2,1-4H3. The summed E-state index contributed by atoms with van der Waals surface area (Å²) in [6.45, 7) is 9.56. The molecule has 1 atom stereocenters. The summed E-state index contributed by atoms with van der Waals surface area (Å²) in [5, 5.41) is 3.41. The summed E-state index contributed by atoms with van der Waals surface area (Å²) in [5.41, 5.74) is 0.695. The Balaban J connectivity index is 2.43. The molecule has 1 unspecified atom stereocenters. The Morgan fingerprint density at radius 3 is 2.50 bits per heavy atom. The summed E-state index contributed by atoms with van der Waals surface area (Å²) in [7, 11) is 0. The molecule has 1 N–H and O–H groups in total. The summed E-state index contributed by atoms with van der Waals surface area (Å²) in [6.07, 6.45) is 1.03. The molecule has 0 saturated heterocycles. The van der Waals surface area contributed by atoms with Gasteiger partial charge in [-0.2, -0.15) is 0 Å². The zero-order chi connectivity index (χ0) is 13.6. The molecule has 0 saturated carbocycles. The van der Waals surface area contributed by atoms with E-state index in [0.29, 0.717) is 12.2 Å². The van der Waals surface area contributed by atoms with Gasteiger partial charge in [0.25, 0.3) is 0 Å². The zero-order valence-electron chi connectivity index (χ0n) is 11.8. The highest BCUT2D eigenvalue weighted by Gasteiger charge is 2.13. The van der Waals surface area contributed by atoms with Crippen LogP contribution in [0.25, 0.3) is 0 Å². The number of hydrogen-bond acceptors (Lipinski definition) is 2.